The van der Waals surface area contributed by atoms with Gasteiger partial charge in [-0.25, -0.2) is 5.43 Å². The highest BCUT2D eigenvalue weighted by Gasteiger charge is 2.09. The van der Waals surface area contributed by atoms with Gasteiger partial charge in [0.25, 0.3) is 5.91 Å². The van der Waals surface area contributed by atoms with Crippen LogP contribution < -0.4 is 5.43 Å². The molecule has 0 spiro atoms. The van der Waals surface area contributed by atoms with E-state index in [0.29, 0.717) is 12.2 Å². The number of benzene rings is 2. The van der Waals surface area contributed by atoms with Crippen molar-refractivity contribution in [2.45, 2.75) is 13.5 Å². The molecule has 126 valence electrons. The van der Waals surface area contributed by atoms with Crippen LogP contribution in [0.25, 0.3) is 0 Å². The molecule has 0 aliphatic heterocycles. The largest absolute Gasteiger partial charge is 0.291 e. The van der Waals surface area contributed by atoms with Crippen molar-refractivity contribution in [3.05, 3.63) is 88.2 Å². The van der Waals surface area contributed by atoms with Crippen LogP contribution in [0.5, 0.6) is 0 Å². The number of carbonyl (C=O) groups is 1. The summed E-state index contributed by atoms with van der Waals surface area (Å²) in [7, 11) is 0. The second kappa shape index (κ2) is 7.90. The fraction of sp³-hybridized carbons (Fsp3) is 0.105. The highest BCUT2D eigenvalue weighted by molar-refractivity contribution is 9.10. The van der Waals surface area contributed by atoms with Gasteiger partial charge in [0.1, 0.15) is 0 Å². The van der Waals surface area contributed by atoms with E-state index in [9.17, 15) is 4.79 Å². The molecule has 0 saturated heterocycles. The number of carbonyl (C=O) groups excluding carboxylic acids is 1. The molecule has 1 heterocycles. The Labute approximate surface area is 154 Å². The van der Waals surface area contributed by atoms with Crippen LogP contribution in [0, 0.1) is 0 Å². The lowest BCUT2D eigenvalue weighted by molar-refractivity contribution is 0.0949. The zero-order chi connectivity index (χ0) is 17.6. The van der Waals surface area contributed by atoms with Crippen LogP contribution in [-0.2, 0) is 6.54 Å². The molecule has 0 saturated carbocycles. The van der Waals surface area contributed by atoms with Gasteiger partial charge in [-0.3, -0.25) is 9.48 Å². The molecule has 0 bridgehead atoms. The summed E-state index contributed by atoms with van der Waals surface area (Å²) in [5, 5.41) is 8.44. The number of hydrazone groups is 1. The first kappa shape index (κ1) is 17.1. The average molecular weight is 397 g/mol. The number of halogens is 1. The molecule has 3 rings (SSSR count). The van der Waals surface area contributed by atoms with Gasteiger partial charge in [0.05, 0.1) is 12.3 Å². The van der Waals surface area contributed by atoms with Gasteiger partial charge < -0.3 is 0 Å². The standard InChI is InChI=1S/C19H17BrN4O/c1-14(16-5-3-2-4-6-16)21-22-19(25)18-11-12-24(23-18)13-15-7-9-17(20)10-8-15/h2-12H,13H2,1H3,(H,22,25). The number of rotatable bonds is 5. The monoisotopic (exact) mass is 396 g/mol. The van der Waals surface area contributed by atoms with Gasteiger partial charge in [0.2, 0.25) is 0 Å². The Morgan fingerprint density at radius 2 is 1.84 bits per heavy atom. The van der Waals surface area contributed by atoms with Crippen LogP contribution in [-0.4, -0.2) is 21.4 Å². The third-order valence-electron chi connectivity index (χ3n) is 3.65. The lowest BCUT2D eigenvalue weighted by atomic mass is 10.1. The van der Waals surface area contributed by atoms with E-state index >= 15 is 0 Å². The number of amides is 1. The van der Waals surface area contributed by atoms with Gasteiger partial charge in [0, 0.05) is 10.7 Å². The Bertz CT molecular complexity index is 885. The molecule has 0 fully saturated rings. The van der Waals surface area contributed by atoms with Crippen molar-refractivity contribution < 1.29 is 4.79 Å². The van der Waals surface area contributed by atoms with Crippen LogP contribution in [0.2, 0.25) is 0 Å². The van der Waals surface area contributed by atoms with Gasteiger partial charge in [-0.05, 0) is 36.2 Å². The second-order valence-electron chi connectivity index (χ2n) is 5.53. The van der Waals surface area contributed by atoms with Crippen LogP contribution in [0.15, 0.2) is 76.4 Å². The Hall–Kier alpha value is -2.73. The SMILES string of the molecule is CC(=NNC(=O)c1ccn(Cc2ccc(Br)cc2)n1)c1ccccc1. The minimum Gasteiger partial charge on any atom is -0.268 e. The van der Waals surface area contributed by atoms with E-state index < -0.39 is 0 Å². The van der Waals surface area contributed by atoms with E-state index in [1.807, 2.05) is 61.5 Å². The minimum absolute atomic E-state index is 0.329. The molecule has 1 aromatic heterocycles. The van der Waals surface area contributed by atoms with Gasteiger partial charge >= 0.3 is 0 Å². The predicted octanol–water partition coefficient (Wildman–Crippen LogP) is 3.85. The minimum atomic E-state index is -0.329. The van der Waals surface area contributed by atoms with E-state index in [1.165, 1.54) is 0 Å². The van der Waals surface area contributed by atoms with Crippen LogP contribution in [0.4, 0.5) is 0 Å². The molecule has 5 nitrogen and oxygen atoms in total. The normalized spacial score (nSPS) is 11.4. The molecule has 6 heteroatoms. The molecule has 0 unspecified atom stereocenters. The highest BCUT2D eigenvalue weighted by Crippen LogP contribution is 2.11. The zero-order valence-corrected chi connectivity index (χ0v) is 15.3. The average Bonchev–Trinajstić information content (AvgIpc) is 3.10. The Morgan fingerprint density at radius 1 is 1.12 bits per heavy atom. The first-order chi connectivity index (χ1) is 12.1. The maximum atomic E-state index is 12.2. The summed E-state index contributed by atoms with van der Waals surface area (Å²) in [6.07, 6.45) is 1.78. The summed E-state index contributed by atoms with van der Waals surface area (Å²) in [6.45, 7) is 2.45. The molecule has 0 radical (unpaired) electrons. The van der Waals surface area contributed by atoms with E-state index in [0.717, 1.165) is 21.3 Å². The maximum Gasteiger partial charge on any atom is 0.291 e. The van der Waals surface area contributed by atoms with Crippen LogP contribution in [0.1, 0.15) is 28.5 Å². The summed E-state index contributed by atoms with van der Waals surface area (Å²) in [4.78, 5) is 12.2. The third-order valence-corrected chi connectivity index (χ3v) is 4.18. The van der Waals surface area contributed by atoms with Crippen molar-refractivity contribution >= 4 is 27.5 Å². The first-order valence-corrected chi connectivity index (χ1v) is 8.59. The van der Waals surface area contributed by atoms with Crippen LogP contribution in [0.3, 0.4) is 0 Å². The summed E-state index contributed by atoms with van der Waals surface area (Å²) < 4.78 is 2.76. The lowest BCUT2D eigenvalue weighted by Gasteiger charge is -2.03. The van der Waals surface area contributed by atoms with Crippen molar-refractivity contribution in [1.29, 1.82) is 0 Å². The topological polar surface area (TPSA) is 59.3 Å². The smallest absolute Gasteiger partial charge is 0.268 e. The lowest BCUT2D eigenvalue weighted by Crippen LogP contribution is -2.20. The number of aromatic nitrogens is 2. The number of hydrogen-bond acceptors (Lipinski definition) is 3. The summed E-state index contributed by atoms with van der Waals surface area (Å²) >= 11 is 3.41. The van der Waals surface area contributed by atoms with Crippen molar-refractivity contribution in [3.63, 3.8) is 0 Å². The molecule has 0 aliphatic carbocycles. The second-order valence-corrected chi connectivity index (χ2v) is 6.44. The van der Waals surface area contributed by atoms with E-state index in [2.05, 4.69) is 31.6 Å². The van der Waals surface area contributed by atoms with Crippen molar-refractivity contribution in [3.8, 4) is 0 Å². The van der Waals surface area contributed by atoms with Crippen LogP contribution >= 0.6 is 15.9 Å². The first-order valence-electron chi connectivity index (χ1n) is 7.80. The Kier molecular flexibility index (Phi) is 5.40. The summed E-state index contributed by atoms with van der Waals surface area (Å²) in [6, 6.07) is 19.4. The van der Waals surface area contributed by atoms with Crippen molar-refractivity contribution in [1.82, 2.24) is 15.2 Å². The Balaban J connectivity index is 1.63. The zero-order valence-electron chi connectivity index (χ0n) is 13.7. The molecule has 2 aromatic carbocycles. The third kappa shape index (κ3) is 4.64. The van der Waals surface area contributed by atoms with Gasteiger partial charge in [-0.15, -0.1) is 0 Å². The fourth-order valence-corrected chi connectivity index (χ4v) is 2.55. The predicted molar refractivity (Wildman–Crippen MR) is 102 cm³/mol. The van der Waals surface area contributed by atoms with E-state index in [1.54, 1.807) is 16.9 Å². The number of hydrogen-bond donors (Lipinski definition) is 1. The number of nitrogens with one attached hydrogen (secondary N) is 1. The van der Waals surface area contributed by atoms with Gasteiger partial charge in [0.15, 0.2) is 5.69 Å². The number of nitrogens with zero attached hydrogens (tertiary/aromatic N) is 3. The van der Waals surface area contributed by atoms with Gasteiger partial charge in [-0.2, -0.15) is 10.2 Å². The summed E-state index contributed by atoms with van der Waals surface area (Å²) in [5.74, 6) is -0.329. The highest BCUT2D eigenvalue weighted by atomic mass is 79.9. The maximum absolute atomic E-state index is 12.2. The van der Waals surface area contributed by atoms with Gasteiger partial charge in [-0.1, -0.05) is 58.4 Å². The fourth-order valence-electron chi connectivity index (χ4n) is 2.28. The molecular weight excluding hydrogens is 380 g/mol. The molecule has 0 aliphatic rings. The molecule has 1 amide bonds. The summed E-state index contributed by atoms with van der Waals surface area (Å²) in [5.41, 5.74) is 5.69. The van der Waals surface area contributed by atoms with E-state index in [4.69, 9.17) is 0 Å². The molecule has 25 heavy (non-hydrogen) atoms. The molecular formula is C19H17BrN4O. The molecule has 0 atom stereocenters. The Morgan fingerprint density at radius 3 is 2.56 bits per heavy atom. The van der Waals surface area contributed by atoms with Crippen molar-refractivity contribution in [2.24, 2.45) is 5.10 Å². The van der Waals surface area contributed by atoms with E-state index in [-0.39, 0.29) is 5.91 Å². The quantitative estimate of drug-likeness (QED) is 0.525. The van der Waals surface area contributed by atoms with Crippen molar-refractivity contribution in [2.75, 3.05) is 0 Å². The molecule has 1 N–H and O–H groups in total. The molecule has 3 aromatic rings.